The van der Waals surface area contributed by atoms with Crippen molar-refractivity contribution in [2.24, 2.45) is 0 Å². The van der Waals surface area contributed by atoms with Crippen LogP contribution in [0.15, 0.2) is 41.1 Å². The van der Waals surface area contributed by atoms with Crippen molar-refractivity contribution in [2.45, 2.75) is 25.4 Å². The third-order valence-corrected chi connectivity index (χ3v) is 5.14. The first kappa shape index (κ1) is 17.2. The highest BCUT2D eigenvalue weighted by molar-refractivity contribution is 9.10. The highest BCUT2D eigenvalue weighted by Crippen LogP contribution is 2.27. The molecule has 2 aromatic rings. The summed E-state index contributed by atoms with van der Waals surface area (Å²) in [6.07, 6.45) is 5.97. The van der Waals surface area contributed by atoms with E-state index in [-0.39, 0.29) is 0 Å². The molecule has 0 amide bonds. The summed E-state index contributed by atoms with van der Waals surface area (Å²) in [6, 6.07) is 8.60. The summed E-state index contributed by atoms with van der Waals surface area (Å²) in [4.78, 5) is 13.4. The Morgan fingerprint density at radius 3 is 2.83 bits per heavy atom. The second-order valence-electron chi connectivity index (χ2n) is 6.16. The van der Waals surface area contributed by atoms with Gasteiger partial charge in [-0.1, -0.05) is 6.07 Å². The van der Waals surface area contributed by atoms with Crippen molar-refractivity contribution in [1.29, 1.82) is 0 Å². The number of rotatable bonds is 5. The molecule has 2 heterocycles. The van der Waals surface area contributed by atoms with Gasteiger partial charge in [0.15, 0.2) is 0 Å². The average Bonchev–Trinajstić information content (AvgIpc) is 2.62. The monoisotopic (exact) mass is 390 g/mol. The number of piperidine rings is 1. The topological polar surface area (TPSA) is 41.5 Å². The molecule has 128 valence electrons. The van der Waals surface area contributed by atoms with Crippen molar-refractivity contribution in [3.8, 4) is 5.75 Å². The standard InChI is InChI=1S/C18H23BrN4O/c1-22(18-20-8-4-9-21-18)15-5-3-10-23(13-15)12-14-6-7-17(24-2)16(19)11-14/h4,6-9,11,15H,3,5,10,12-13H2,1-2H3. The van der Waals surface area contributed by atoms with Crippen LogP contribution in [0.25, 0.3) is 0 Å². The summed E-state index contributed by atoms with van der Waals surface area (Å²) in [5.41, 5.74) is 1.29. The molecule has 1 saturated heterocycles. The molecule has 1 fully saturated rings. The summed E-state index contributed by atoms with van der Waals surface area (Å²) in [5.74, 6) is 1.67. The second kappa shape index (κ2) is 7.94. The summed E-state index contributed by atoms with van der Waals surface area (Å²) >= 11 is 3.57. The fraction of sp³-hybridized carbons (Fsp3) is 0.444. The second-order valence-corrected chi connectivity index (χ2v) is 7.01. The number of nitrogens with zero attached hydrogens (tertiary/aromatic N) is 4. The summed E-state index contributed by atoms with van der Waals surface area (Å²) in [6.45, 7) is 3.10. The minimum Gasteiger partial charge on any atom is -0.496 e. The van der Waals surface area contributed by atoms with Crippen molar-refractivity contribution in [3.63, 3.8) is 0 Å². The van der Waals surface area contributed by atoms with Crippen LogP contribution in [0.3, 0.4) is 0 Å². The zero-order valence-electron chi connectivity index (χ0n) is 14.2. The van der Waals surface area contributed by atoms with Crippen molar-refractivity contribution in [3.05, 3.63) is 46.7 Å². The Bertz CT molecular complexity index is 667. The zero-order valence-corrected chi connectivity index (χ0v) is 15.7. The van der Waals surface area contributed by atoms with Crippen LogP contribution in [-0.2, 0) is 6.54 Å². The smallest absolute Gasteiger partial charge is 0.225 e. The lowest BCUT2D eigenvalue weighted by molar-refractivity contribution is 0.198. The first-order chi connectivity index (χ1) is 11.7. The van der Waals surface area contributed by atoms with Gasteiger partial charge in [-0.15, -0.1) is 0 Å². The maximum Gasteiger partial charge on any atom is 0.225 e. The highest BCUT2D eigenvalue weighted by atomic mass is 79.9. The molecular weight excluding hydrogens is 368 g/mol. The van der Waals surface area contributed by atoms with Gasteiger partial charge in [-0.05, 0) is 59.1 Å². The Hall–Kier alpha value is -1.66. The van der Waals surface area contributed by atoms with Crippen molar-refractivity contribution >= 4 is 21.9 Å². The molecule has 1 aromatic heterocycles. The molecular formula is C18H23BrN4O. The van der Waals surface area contributed by atoms with Gasteiger partial charge in [0.25, 0.3) is 0 Å². The number of aromatic nitrogens is 2. The van der Waals surface area contributed by atoms with E-state index in [1.807, 2.05) is 12.1 Å². The summed E-state index contributed by atoms with van der Waals surface area (Å²) in [5, 5.41) is 0. The van der Waals surface area contributed by atoms with Gasteiger partial charge in [-0.3, -0.25) is 4.90 Å². The Kier molecular flexibility index (Phi) is 5.68. The van der Waals surface area contributed by atoms with Crippen molar-refractivity contribution in [2.75, 3.05) is 32.1 Å². The predicted octanol–water partition coefficient (Wildman–Crippen LogP) is 3.35. The molecule has 6 heteroatoms. The molecule has 5 nitrogen and oxygen atoms in total. The largest absolute Gasteiger partial charge is 0.496 e. The number of likely N-dealkylation sites (tertiary alicyclic amines) is 1. The van der Waals surface area contributed by atoms with Crippen LogP contribution in [0, 0.1) is 0 Å². The Morgan fingerprint density at radius 2 is 2.12 bits per heavy atom. The first-order valence-electron chi connectivity index (χ1n) is 8.22. The average molecular weight is 391 g/mol. The van der Waals surface area contributed by atoms with E-state index in [4.69, 9.17) is 4.74 Å². The number of ether oxygens (including phenoxy) is 1. The number of benzene rings is 1. The van der Waals surface area contributed by atoms with E-state index in [1.54, 1.807) is 19.5 Å². The van der Waals surface area contributed by atoms with Crippen LogP contribution in [-0.4, -0.2) is 48.2 Å². The lowest BCUT2D eigenvalue weighted by atomic mass is 10.0. The Balaban J connectivity index is 1.64. The first-order valence-corrected chi connectivity index (χ1v) is 9.01. The van der Waals surface area contributed by atoms with Gasteiger partial charge < -0.3 is 9.64 Å². The van der Waals surface area contributed by atoms with E-state index in [0.29, 0.717) is 6.04 Å². The minimum absolute atomic E-state index is 0.447. The van der Waals surface area contributed by atoms with E-state index >= 15 is 0 Å². The fourth-order valence-corrected chi connectivity index (χ4v) is 3.78. The van der Waals surface area contributed by atoms with Crippen LogP contribution in [0.5, 0.6) is 5.75 Å². The number of hydrogen-bond donors (Lipinski definition) is 0. The molecule has 0 saturated carbocycles. The number of methoxy groups -OCH3 is 1. The van der Waals surface area contributed by atoms with E-state index in [1.165, 1.54) is 18.4 Å². The zero-order chi connectivity index (χ0) is 16.9. The molecule has 0 bridgehead atoms. The van der Waals surface area contributed by atoms with Gasteiger partial charge in [0.05, 0.1) is 11.6 Å². The van der Waals surface area contributed by atoms with E-state index < -0.39 is 0 Å². The molecule has 1 aliphatic rings. The maximum absolute atomic E-state index is 5.31. The molecule has 24 heavy (non-hydrogen) atoms. The summed E-state index contributed by atoms with van der Waals surface area (Å²) < 4.78 is 6.31. The third-order valence-electron chi connectivity index (χ3n) is 4.52. The SMILES string of the molecule is COc1ccc(CN2CCCC(N(C)c3ncccn3)C2)cc1Br. The Morgan fingerprint density at radius 1 is 1.33 bits per heavy atom. The fourth-order valence-electron chi connectivity index (χ4n) is 3.19. The molecule has 0 radical (unpaired) electrons. The van der Waals surface area contributed by atoms with Crippen LogP contribution in [0.1, 0.15) is 18.4 Å². The minimum atomic E-state index is 0.447. The van der Waals surface area contributed by atoms with E-state index in [2.05, 4.69) is 54.9 Å². The van der Waals surface area contributed by atoms with Gasteiger partial charge in [0, 0.05) is 38.6 Å². The van der Waals surface area contributed by atoms with E-state index in [9.17, 15) is 0 Å². The van der Waals surface area contributed by atoms with E-state index in [0.717, 1.165) is 35.8 Å². The van der Waals surface area contributed by atoms with Gasteiger partial charge in [0.1, 0.15) is 5.75 Å². The summed E-state index contributed by atoms with van der Waals surface area (Å²) in [7, 11) is 3.78. The molecule has 1 aliphatic heterocycles. The molecule has 1 atom stereocenters. The molecule has 0 N–H and O–H groups in total. The molecule has 3 rings (SSSR count). The maximum atomic E-state index is 5.31. The normalized spacial score (nSPS) is 18.4. The Labute approximate surface area is 151 Å². The van der Waals surface area contributed by atoms with Crippen LogP contribution >= 0.6 is 15.9 Å². The number of anilines is 1. The number of halogens is 1. The van der Waals surface area contributed by atoms with Crippen LogP contribution in [0.2, 0.25) is 0 Å². The van der Waals surface area contributed by atoms with Gasteiger partial charge >= 0.3 is 0 Å². The van der Waals surface area contributed by atoms with Gasteiger partial charge in [-0.25, -0.2) is 9.97 Å². The van der Waals surface area contributed by atoms with Crippen molar-refractivity contribution in [1.82, 2.24) is 14.9 Å². The van der Waals surface area contributed by atoms with Gasteiger partial charge in [0.2, 0.25) is 5.95 Å². The molecule has 0 spiro atoms. The van der Waals surface area contributed by atoms with Crippen LogP contribution < -0.4 is 9.64 Å². The quantitative estimate of drug-likeness (QED) is 0.782. The molecule has 0 aliphatic carbocycles. The van der Waals surface area contributed by atoms with Gasteiger partial charge in [-0.2, -0.15) is 0 Å². The van der Waals surface area contributed by atoms with Crippen molar-refractivity contribution < 1.29 is 4.74 Å². The van der Waals surface area contributed by atoms with Crippen LogP contribution in [0.4, 0.5) is 5.95 Å². The number of likely N-dealkylation sites (N-methyl/N-ethyl adjacent to an activating group) is 1. The predicted molar refractivity (Wildman–Crippen MR) is 99.4 cm³/mol. The molecule has 1 aromatic carbocycles. The third kappa shape index (κ3) is 4.05. The number of hydrogen-bond acceptors (Lipinski definition) is 5. The lowest BCUT2D eigenvalue weighted by Gasteiger charge is -2.37. The molecule has 1 unspecified atom stereocenters. The lowest BCUT2D eigenvalue weighted by Crippen LogP contribution is -2.46. The highest BCUT2D eigenvalue weighted by Gasteiger charge is 2.24.